The molecule has 3 nitrogen and oxygen atoms in total. The molecule has 0 aromatic carbocycles. The Bertz CT molecular complexity index is 303. The van der Waals surface area contributed by atoms with Crippen molar-refractivity contribution >= 4 is 5.97 Å². The Morgan fingerprint density at radius 2 is 1.72 bits per heavy atom. The lowest BCUT2D eigenvalue weighted by Crippen LogP contribution is -2.57. The van der Waals surface area contributed by atoms with Gasteiger partial charge in [0.05, 0.1) is 13.7 Å². The van der Waals surface area contributed by atoms with E-state index in [-0.39, 0.29) is 5.41 Å². The number of carbonyl (C=O) groups is 1. The zero-order valence-electron chi connectivity index (χ0n) is 11.0. The number of halogens is 3. The Kier molecular flexibility index (Phi) is 4.30. The zero-order valence-corrected chi connectivity index (χ0v) is 11.0. The normalized spacial score (nSPS) is 22.6. The second-order valence-electron chi connectivity index (χ2n) is 5.71. The Labute approximate surface area is 105 Å². The van der Waals surface area contributed by atoms with Crippen molar-refractivity contribution in [3.63, 3.8) is 0 Å². The van der Waals surface area contributed by atoms with Gasteiger partial charge >= 0.3 is 12.1 Å². The van der Waals surface area contributed by atoms with E-state index in [9.17, 15) is 18.0 Å². The van der Waals surface area contributed by atoms with Gasteiger partial charge in [-0.2, -0.15) is 13.2 Å². The molecule has 6 heteroatoms. The third kappa shape index (κ3) is 3.86. The highest BCUT2D eigenvalue weighted by Gasteiger charge is 2.46. The summed E-state index contributed by atoms with van der Waals surface area (Å²) >= 11 is 0. The molecule has 0 bridgehead atoms. The predicted octanol–water partition coefficient (Wildman–Crippen LogP) is 2.65. The molecule has 106 valence electrons. The standard InChI is InChI=1S/C12H20F3NO2/c1-10(2)4-6-11(7-5-10,9(17)18-3)16-8-12(13,14)15/h16H,4-8H2,1-3H3. The van der Waals surface area contributed by atoms with Gasteiger partial charge in [-0.05, 0) is 31.1 Å². The second kappa shape index (κ2) is 5.07. The van der Waals surface area contributed by atoms with E-state index in [0.717, 1.165) is 0 Å². The first-order valence-electron chi connectivity index (χ1n) is 6.00. The molecule has 0 atom stereocenters. The molecule has 0 aromatic rings. The quantitative estimate of drug-likeness (QED) is 0.799. The van der Waals surface area contributed by atoms with E-state index >= 15 is 0 Å². The van der Waals surface area contributed by atoms with Gasteiger partial charge in [-0.3, -0.25) is 10.1 Å². The Hall–Kier alpha value is -0.780. The first-order chi connectivity index (χ1) is 8.10. The molecule has 0 amide bonds. The van der Waals surface area contributed by atoms with Gasteiger partial charge < -0.3 is 4.74 Å². The maximum absolute atomic E-state index is 12.3. The lowest BCUT2D eigenvalue weighted by Gasteiger charge is -2.42. The molecule has 0 aromatic heterocycles. The monoisotopic (exact) mass is 267 g/mol. The summed E-state index contributed by atoms with van der Waals surface area (Å²) in [5.41, 5.74) is -1.11. The summed E-state index contributed by atoms with van der Waals surface area (Å²) in [6.45, 7) is 2.94. The van der Waals surface area contributed by atoms with Crippen molar-refractivity contribution in [3.8, 4) is 0 Å². The van der Waals surface area contributed by atoms with E-state index in [0.29, 0.717) is 25.7 Å². The number of methoxy groups -OCH3 is 1. The van der Waals surface area contributed by atoms with Gasteiger partial charge in [0.25, 0.3) is 0 Å². The number of nitrogens with one attached hydrogen (secondary N) is 1. The van der Waals surface area contributed by atoms with Crippen LogP contribution in [0.1, 0.15) is 39.5 Å². The molecule has 0 spiro atoms. The fourth-order valence-electron chi connectivity index (χ4n) is 2.27. The molecule has 0 heterocycles. The number of carbonyl (C=O) groups excluding carboxylic acids is 1. The van der Waals surface area contributed by atoms with E-state index in [2.05, 4.69) is 23.9 Å². The summed E-state index contributed by atoms with van der Waals surface area (Å²) in [4.78, 5) is 11.8. The molecule has 0 radical (unpaired) electrons. The first-order valence-corrected chi connectivity index (χ1v) is 6.00. The third-order valence-corrected chi connectivity index (χ3v) is 3.66. The van der Waals surface area contributed by atoms with Gasteiger partial charge in [-0.25, -0.2) is 0 Å². The highest BCUT2D eigenvalue weighted by atomic mass is 19.4. The van der Waals surface area contributed by atoms with Crippen LogP contribution in [0.5, 0.6) is 0 Å². The van der Waals surface area contributed by atoms with E-state index in [1.165, 1.54) is 7.11 Å². The average molecular weight is 267 g/mol. The molecule has 1 aliphatic rings. The van der Waals surface area contributed by atoms with Crippen molar-refractivity contribution in [1.29, 1.82) is 0 Å². The predicted molar refractivity (Wildman–Crippen MR) is 61.1 cm³/mol. The van der Waals surface area contributed by atoms with Crippen LogP contribution in [0, 0.1) is 5.41 Å². The number of esters is 1. The van der Waals surface area contributed by atoms with Crippen molar-refractivity contribution in [1.82, 2.24) is 5.32 Å². The van der Waals surface area contributed by atoms with Crippen LogP contribution < -0.4 is 5.32 Å². The van der Waals surface area contributed by atoms with Gasteiger partial charge in [-0.1, -0.05) is 13.8 Å². The molecule has 1 rings (SSSR count). The van der Waals surface area contributed by atoms with E-state index in [1.54, 1.807) is 0 Å². The molecular weight excluding hydrogens is 247 g/mol. The number of alkyl halides is 3. The van der Waals surface area contributed by atoms with E-state index in [4.69, 9.17) is 0 Å². The molecule has 0 unspecified atom stereocenters. The molecule has 0 aliphatic heterocycles. The molecule has 18 heavy (non-hydrogen) atoms. The molecule has 0 saturated heterocycles. The minimum Gasteiger partial charge on any atom is -0.468 e. The smallest absolute Gasteiger partial charge is 0.401 e. The molecule has 1 saturated carbocycles. The van der Waals surface area contributed by atoms with Gasteiger partial charge in [0.2, 0.25) is 0 Å². The number of hydrogen-bond acceptors (Lipinski definition) is 3. The summed E-state index contributed by atoms with van der Waals surface area (Å²) < 4.78 is 41.5. The Balaban J connectivity index is 2.76. The maximum Gasteiger partial charge on any atom is 0.401 e. The fraction of sp³-hybridized carbons (Fsp3) is 0.917. The van der Waals surface area contributed by atoms with Crippen LogP contribution in [0.25, 0.3) is 0 Å². The highest BCUT2D eigenvalue weighted by Crippen LogP contribution is 2.41. The second-order valence-corrected chi connectivity index (χ2v) is 5.71. The maximum atomic E-state index is 12.3. The number of ether oxygens (including phenoxy) is 1. The lowest BCUT2D eigenvalue weighted by molar-refractivity contribution is -0.156. The van der Waals surface area contributed by atoms with E-state index < -0.39 is 24.2 Å². The average Bonchev–Trinajstić information content (AvgIpc) is 2.26. The Morgan fingerprint density at radius 3 is 2.11 bits per heavy atom. The number of rotatable bonds is 3. The van der Waals surface area contributed by atoms with Crippen molar-refractivity contribution in [3.05, 3.63) is 0 Å². The minimum absolute atomic E-state index is 0.0669. The van der Waals surface area contributed by atoms with Gasteiger partial charge in [0.15, 0.2) is 0 Å². The summed E-state index contributed by atoms with van der Waals surface area (Å²) in [6, 6.07) is 0. The fourth-order valence-corrected chi connectivity index (χ4v) is 2.27. The van der Waals surface area contributed by atoms with E-state index in [1.807, 2.05) is 0 Å². The van der Waals surface area contributed by atoms with Crippen LogP contribution >= 0.6 is 0 Å². The minimum atomic E-state index is -4.33. The highest BCUT2D eigenvalue weighted by molar-refractivity contribution is 5.81. The molecular formula is C12H20F3NO2. The van der Waals surface area contributed by atoms with Gasteiger partial charge in [-0.15, -0.1) is 0 Å². The van der Waals surface area contributed by atoms with Crippen LogP contribution in [-0.2, 0) is 9.53 Å². The van der Waals surface area contributed by atoms with Crippen LogP contribution in [0.15, 0.2) is 0 Å². The lowest BCUT2D eigenvalue weighted by atomic mass is 9.69. The first kappa shape index (κ1) is 15.3. The SMILES string of the molecule is COC(=O)C1(NCC(F)(F)F)CCC(C)(C)CC1. The molecule has 1 N–H and O–H groups in total. The van der Waals surface area contributed by atoms with Crippen LogP contribution in [-0.4, -0.2) is 31.3 Å². The van der Waals surface area contributed by atoms with Crippen molar-refractivity contribution < 1.29 is 22.7 Å². The van der Waals surface area contributed by atoms with Crippen LogP contribution in [0.2, 0.25) is 0 Å². The largest absolute Gasteiger partial charge is 0.468 e. The topological polar surface area (TPSA) is 38.3 Å². The van der Waals surface area contributed by atoms with Crippen LogP contribution in [0.4, 0.5) is 13.2 Å². The summed E-state index contributed by atoms with van der Waals surface area (Å²) in [5.74, 6) is -0.595. The third-order valence-electron chi connectivity index (χ3n) is 3.66. The summed E-state index contributed by atoms with van der Waals surface area (Å²) in [5, 5.41) is 2.36. The summed E-state index contributed by atoms with van der Waals surface area (Å²) in [6.07, 6.45) is -2.17. The van der Waals surface area contributed by atoms with Gasteiger partial charge in [0.1, 0.15) is 5.54 Å². The molecule has 1 fully saturated rings. The Morgan fingerprint density at radius 1 is 1.22 bits per heavy atom. The summed E-state index contributed by atoms with van der Waals surface area (Å²) in [7, 11) is 1.21. The molecule has 1 aliphatic carbocycles. The van der Waals surface area contributed by atoms with Crippen molar-refractivity contribution in [2.45, 2.75) is 51.2 Å². The van der Waals surface area contributed by atoms with Crippen molar-refractivity contribution in [2.24, 2.45) is 5.41 Å². The number of hydrogen-bond donors (Lipinski definition) is 1. The van der Waals surface area contributed by atoms with Crippen molar-refractivity contribution in [2.75, 3.05) is 13.7 Å². The van der Waals surface area contributed by atoms with Gasteiger partial charge in [0, 0.05) is 0 Å². The zero-order chi connectivity index (χ0) is 14.0. The van der Waals surface area contributed by atoms with Crippen LogP contribution in [0.3, 0.4) is 0 Å².